The molecule has 8 heteroatoms. The molecular formula is C22H30N2O5S. The molecule has 1 N–H and O–H groups in total. The van der Waals surface area contributed by atoms with Crippen LogP contribution in [0, 0.1) is 6.92 Å². The van der Waals surface area contributed by atoms with Crippen molar-refractivity contribution in [2.75, 3.05) is 36.9 Å². The van der Waals surface area contributed by atoms with Gasteiger partial charge in [-0.15, -0.1) is 0 Å². The molecule has 0 radical (unpaired) electrons. The molecule has 0 aliphatic rings. The lowest BCUT2D eigenvalue weighted by molar-refractivity contribution is -0.119. The molecule has 2 aromatic carbocycles. The number of amides is 1. The van der Waals surface area contributed by atoms with Crippen LogP contribution < -0.4 is 19.1 Å². The highest BCUT2D eigenvalue weighted by Crippen LogP contribution is 2.28. The highest BCUT2D eigenvalue weighted by atomic mass is 32.2. The van der Waals surface area contributed by atoms with E-state index in [-0.39, 0.29) is 12.5 Å². The van der Waals surface area contributed by atoms with Gasteiger partial charge in [0.15, 0.2) is 11.5 Å². The topological polar surface area (TPSA) is 84.9 Å². The lowest BCUT2D eigenvalue weighted by atomic mass is 10.1. The maximum atomic E-state index is 12.4. The Morgan fingerprint density at radius 2 is 1.70 bits per heavy atom. The van der Waals surface area contributed by atoms with Crippen LogP contribution in [0.5, 0.6) is 11.5 Å². The minimum atomic E-state index is -3.59. The summed E-state index contributed by atoms with van der Waals surface area (Å²) >= 11 is 0. The second-order valence-electron chi connectivity index (χ2n) is 6.80. The third-order valence-electron chi connectivity index (χ3n) is 4.42. The van der Waals surface area contributed by atoms with Gasteiger partial charge in [-0.3, -0.25) is 9.10 Å². The number of carbonyl (C=O) groups excluding carboxylic acids is 1. The zero-order valence-electron chi connectivity index (χ0n) is 18.0. The minimum absolute atomic E-state index is 0.267. The molecule has 0 heterocycles. The van der Waals surface area contributed by atoms with Gasteiger partial charge in [0.05, 0.1) is 25.2 Å². The summed E-state index contributed by atoms with van der Waals surface area (Å²) in [5.41, 5.74) is 2.28. The van der Waals surface area contributed by atoms with Gasteiger partial charge >= 0.3 is 0 Å². The number of ether oxygens (including phenoxy) is 2. The number of aryl methyl sites for hydroxylation is 1. The van der Waals surface area contributed by atoms with Crippen LogP contribution >= 0.6 is 0 Å². The highest BCUT2D eigenvalue weighted by Gasteiger charge is 2.21. The Hall–Kier alpha value is -2.74. The van der Waals surface area contributed by atoms with Crippen molar-refractivity contribution in [1.82, 2.24) is 5.32 Å². The largest absolute Gasteiger partial charge is 0.490 e. The molecule has 0 spiro atoms. The molecule has 0 fully saturated rings. The maximum Gasteiger partial charge on any atom is 0.240 e. The van der Waals surface area contributed by atoms with Gasteiger partial charge in [0.1, 0.15) is 6.54 Å². The normalized spacial score (nSPS) is 11.1. The molecule has 0 aliphatic heterocycles. The standard InChI is InChI=1S/C22H30N2O5S/c1-5-28-20-12-11-18(15-21(20)29-6-2)13-14-23-22(25)16-24(30(4,26)27)19-10-8-7-9-17(19)3/h7-12,15H,5-6,13-14,16H2,1-4H3,(H,23,25). The van der Waals surface area contributed by atoms with Gasteiger partial charge in [-0.1, -0.05) is 24.3 Å². The van der Waals surface area contributed by atoms with Gasteiger partial charge < -0.3 is 14.8 Å². The van der Waals surface area contributed by atoms with Crippen molar-refractivity contribution >= 4 is 21.6 Å². The predicted molar refractivity (Wildman–Crippen MR) is 119 cm³/mol. The molecule has 7 nitrogen and oxygen atoms in total. The highest BCUT2D eigenvalue weighted by molar-refractivity contribution is 7.92. The first-order chi connectivity index (χ1) is 14.3. The van der Waals surface area contributed by atoms with E-state index in [1.807, 2.05) is 51.1 Å². The van der Waals surface area contributed by atoms with Crippen molar-refractivity contribution in [3.05, 3.63) is 53.6 Å². The Balaban J connectivity index is 2.00. The van der Waals surface area contributed by atoms with E-state index in [2.05, 4.69) is 5.32 Å². The second kappa shape index (κ2) is 10.9. The molecule has 0 atom stereocenters. The van der Waals surface area contributed by atoms with Crippen molar-refractivity contribution in [1.29, 1.82) is 0 Å². The van der Waals surface area contributed by atoms with E-state index in [0.29, 0.717) is 43.4 Å². The van der Waals surface area contributed by atoms with Crippen LogP contribution in [0.15, 0.2) is 42.5 Å². The molecule has 0 bridgehead atoms. The molecule has 1 amide bonds. The first-order valence-electron chi connectivity index (χ1n) is 9.94. The summed E-state index contributed by atoms with van der Waals surface area (Å²) in [4.78, 5) is 12.4. The molecule has 0 aromatic heterocycles. The molecule has 2 rings (SSSR count). The Morgan fingerprint density at radius 3 is 2.33 bits per heavy atom. The fourth-order valence-electron chi connectivity index (χ4n) is 3.01. The summed E-state index contributed by atoms with van der Waals surface area (Å²) in [6.07, 6.45) is 1.68. The van der Waals surface area contributed by atoms with Crippen LogP contribution in [-0.2, 0) is 21.2 Å². The van der Waals surface area contributed by atoms with Crippen molar-refractivity contribution in [3.63, 3.8) is 0 Å². The summed E-state index contributed by atoms with van der Waals surface area (Å²) in [7, 11) is -3.59. The molecule has 30 heavy (non-hydrogen) atoms. The third kappa shape index (κ3) is 6.66. The summed E-state index contributed by atoms with van der Waals surface area (Å²) in [6.45, 7) is 6.82. The Morgan fingerprint density at radius 1 is 1.03 bits per heavy atom. The van der Waals surface area contributed by atoms with Crippen molar-refractivity contribution in [2.24, 2.45) is 0 Å². The van der Waals surface area contributed by atoms with Crippen LogP contribution in [0.25, 0.3) is 0 Å². The van der Waals surface area contributed by atoms with E-state index < -0.39 is 10.0 Å². The molecule has 164 valence electrons. The first-order valence-corrected chi connectivity index (χ1v) is 11.8. The van der Waals surface area contributed by atoms with Crippen molar-refractivity contribution in [3.8, 4) is 11.5 Å². The molecule has 0 unspecified atom stereocenters. The number of nitrogens with one attached hydrogen (secondary N) is 1. The molecule has 2 aromatic rings. The number of rotatable bonds is 11. The third-order valence-corrected chi connectivity index (χ3v) is 5.54. The van der Waals surface area contributed by atoms with E-state index in [1.165, 1.54) is 0 Å². The van der Waals surface area contributed by atoms with Crippen molar-refractivity contribution < 1.29 is 22.7 Å². The van der Waals surface area contributed by atoms with E-state index in [1.54, 1.807) is 12.1 Å². The number of para-hydroxylation sites is 1. The quantitative estimate of drug-likeness (QED) is 0.588. The zero-order chi connectivity index (χ0) is 22.1. The minimum Gasteiger partial charge on any atom is -0.490 e. The van der Waals surface area contributed by atoms with Crippen LogP contribution in [0.4, 0.5) is 5.69 Å². The number of anilines is 1. The van der Waals surface area contributed by atoms with E-state index in [4.69, 9.17) is 9.47 Å². The van der Waals surface area contributed by atoms with Crippen LogP contribution in [0.2, 0.25) is 0 Å². The fourth-order valence-corrected chi connectivity index (χ4v) is 3.92. The average molecular weight is 435 g/mol. The number of benzene rings is 2. The average Bonchev–Trinajstić information content (AvgIpc) is 2.68. The fraction of sp³-hybridized carbons (Fsp3) is 0.409. The molecule has 0 saturated heterocycles. The number of nitrogens with zero attached hydrogens (tertiary/aromatic N) is 1. The molecular weight excluding hydrogens is 404 g/mol. The number of hydrogen-bond acceptors (Lipinski definition) is 5. The summed E-state index contributed by atoms with van der Waals surface area (Å²) in [5.74, 6) is 1.000. The summed E-state index contributed by atoms with van der Waals surface area (Å²) < 4.78 is 36.7. The maximum absolute atomic E-state index is 12.4. The predicted octanol–water partition coefficient (Wildman–Crippen LogP) is 2.92. The van der Waals surface area contributed by atoms with E-state index >= 15 is 0 Å². The summed E-state index contributed by atoms with van der Waals surface area (Å²) in [6, 6.07) is 12.8. The Kier molecular flexibility index (Phi) is 8.53. The van der Waals surface area contributed by atoms with Crippen LogP contribution in [-0.4, -0.2) is 46.9 Å². The van der Waals surface area contributed by atoms with Crippen LogP contribution in [0.1, 0.15) is 25.0 Å². The lowest BCUT2D eigenvalue weighted by Gasteiger charge is -2.23. The molecule has 0 aliphatic carbocycles. The van der Waals surface area contributed by atoms with Gasteiger partial charge in [-0.2, -0.15) is 0 Å². The number of sulfonamides is 1. The van der Waals surface area contributed by atoms with Gasteiger partial charge in [0.25, 0.3) is 0 Å². The van der Waals surface area contributed by atoms with Crippen molar-refractivity contribution in [2.45, 2.75) is 27.2 Å². The van der Waals surface area contributed by atoms with E-state index in [9.17, 15) is 13.2 Å². The number of carbonyl (C=O) groups is 1. The first kappa shape index (κ1) is 23.5. The zero-order valence-corrected chi connectivity index (χ0v) is 18.8. The monoisotopic (exact) mass is 434 g/mol. The van der Waals surface area contributed by atoms with Gasteiger partial charge in [0, 0.05) is 6.54 Å². The van der Waals surface area contributed by atoms with Gasteiger partial charge in [-0.25, -0.2) is 8.42 Å². The smallest absolute Gasteiger partial charge is 0.240 e. The van der Waals surface area contributed by atoms with Gasteiger partial charge in [-0.05, 0) is 56.5 Å². The number of hydrogen-bond donors (Lipinski definition) is 1. The Bertz CT molecular complexity index is 960. The van der Waals surface area contributed by atoms with E-state index in [0.717, 1.165) is 21.7 Å². The lowest BCUT2D eigenvalue weighted by Crippen LogP contribution is -2.41. The van der Waals surface area contributed by atoms with Gasteiger partial charge in [0.2, 0.25) is 15.9 Å². The van der Waals surface area contributed by atoms with Crippen LogP contribution in [0.3, 0.4) is 0 Å². The SMILES string of the molecule is CCOc1ccc(CCNC(=O)CN(c2ccccc2C)S(C)(=O)=O)cc1OCC. The summed E-state index contributed by atoms with van der Waals surface area (Å²) in [5, 5.41) is 2.80. The Labute approximate surface area is 179 Å². The molecule has 0 saturated carbocycles. The second-order valence-corrected chi connectivity index (χ2v) is 8.71.